The molecule has 3 nitrogen and oxygen atoms in total. The molecule has 2 heterocycles. The van der Waals surface area contributed by atoms with Gasteiger partial charge in [0, 0.05) is 11.4 Å². The van der Waals surface area contributed by atoms with Crippen LogP contribution in [0.25, 0.3) is 0 Å². The van der Waals surface area contributed by atoms with Gasteiger partial charge in [0.25, 0.3) is 0 Å². The number of methoxy groups -OCH3 is 2. The number of nitrogens with one attached hydrogen (secondary N) is 1. The van der Waals surface area contributed by atoms with Gasteiger partial charge in [-0.05, 0) is 41.1 Å². The molecule has 4 heteroatoms. The minimum Gasteiger partial charge on any atom is -0.493 e. The first-order chi connectivity index (χ1) is 9.33. The lowest BCUT2D eigenvalue weighted by Crippen LogP contribution is -2.30. The predicted octanol–water partition coefficient (Wildman–Crippen LogP) is 3.00. The van der Waals surface area contributed by atoms with Gasteiger partial charge in [-0.1, -0.05) is 6.07 Å². The lowest BCUT2D eigenvalue weighted by Gasteiger charge is -2.27. The highest BCUT2D eigenvalue weighted by Crippen LogP contribution is 2.38. The Balaban J connectivity index is 2.08. The molecule has 0 saturated heterocycles. The van der Waals surface area contributed by atoms with Crippen LogP contribution >= 0.6 is 11.3 Å². The van der Waals surface area contributed by atoms with Gasteiger partial charge in [-0.2, -0.15) is 0 Å². The third-order valence-corrected chi connectivity index (χ3v) is 4.46. The van der Waals surface area contributed by atoms with E-state index in [0.717, 1.165) is 24.5 Å². The standard InChI is InChI=1S/C15H17NO2S/c1-17-12-8-10-5-6-16-15(14-4-3-7-19-14)11(10)9-13(12)18-2/h3-4,7-9,15-16H,5-6H2,1-2H3/t15-/m0/s1. The molecule has 1 atom stereocenters. The molecule has 0 spiro atoms. The van der Waals surface area contributed by atoms with Crippen LogP contribution in [0.1, 0.15) is 22.0 Å². The molecule has 0 radical (unpaired) electrons. The third kappa shape index (κ3) is 2.22. The Labute approximate surface area is 117 Å². The van der Waals surface area contributed by atoms with Crippen LogP contribution in [0.15, 0.2) is 29.6 Å². The molecule has 0 amide bonds. The highest BCUT2D eigenvalue weighted by Gasteiger charge is 2.24. The van der Waals surface area contributed by atoms with Crippen LogP contribution in [-0.4, -0.2) is 20.8 Å². The summed E-state index contributed by atoms with van der Waals surface area (Å²) in [6.07, 6.45) is 1.03. The van der Waals surface area contributed by atoms with Gasteiger partial charge < -0.3 is 14.8 Å². The molecule has 0 aliphatic carbocycles. The highest BCUT2D eigenvalue weighted by atomic mass is 32.1. The summed E-state index contributed by atoms with van der Waals surface area (Å²) < 4.78 is 10.8. The van der Waals surface area contributed by atoms with Crippen LogP contribution in [0, 0.1) is 0 Å². The summed E-state index contributed by atoms with van der Waals surface area (Å²) in [5, 5.41) is 5.70. The van der Waals surface area contributed by atoms with Gasteiger partial charge in [-0.25, -0.2) is 0 Å². The smallest absolute Gasteiger partial charge is 0.161 e. The summed E-state index contributed by atoms with van der Waals surface area (Å²) >= 11 is 1.78. The Kier molecular flexibility index (Phi) is 3.44. The van der Waals surface area contributed by atoms with Crippen molar-refractivity contribution in [2.24, 2.45) is 0 Å². The quantitative estimate of drug-likeness (QED) is 0.934. The molecule has 1 aliphatic rings. The van der Waals surface area contributed by atoms with E-state index in [1.807, 2.05) is 0 Å². The maximum absolute atomic E-state index is 5.42. The lowest BCUT2D eigenvalue weighted by atomic mass is 9.93. The third-order valence-electron chi connectivity index (χ3n) is 3.53. The average Bonchev–Trinajstić information content (AvgIpc) is 2.99. The number of ether oxygens (including phenoxy) is 2. The van der Waals surface area contributed by atoms with Crippen molar-refractivity contribution < 1.29 is 9.47 Å². The summed E-state index contributed by atoms with van der Waals surface area (Å²) in [7, 11) is 3.36. The van der Waals surface area contributed by atoms with E-state index in [4.69, 9.17) is 9.47 Å². The predicted molar refractivity (Wildman–Crippen MR) is 77.4 cm³/mol. The largest absolute Gasteiger partial charge is 0.493 e. The van der Waals surface area contributed by atoms with E-state index in [2.05, 4.69) is 35.0 Å². The zero-order valence-electron chi connectivity index (χ0n) is 11.1. The summed E-state index contributed by atoms with van der Waals surface area (Å²) in [4.78, 5) is 1.34. The van der Waals surface area contributed by atoms with Crippen molar-refractivity contribution in [1.29, 1.82) is 0 Å². The summed E-state index contributed by atoms with van der Waals surface area (Å²) in [5.74, 6) is 1.61. The second kappa shape index (κ2) is 5.23. The molecule has 2 aromatic rings. The number of hydrogen-bond acceptors (Lipinski definition) is 4. The number of benzene rings is 1. The van der Waals surface area contributed by atoms with Crippen LogP contribution in [-0.2, 0) is 6.42 Å². The fourth-order valence-corrected chi connectivity index (χ4v) is 3.41. The van der Waals surface area contributed by atoms with Gasteiger partial charge in [0.15, 0.2) is 11.5 Å². The van der Waals surface area contributed by atoms with Gasteiger partial charge in [0.1, 0.15) is 0 Å². The van der Waals surface area contributed by atoms with Crippen LogP contribution in [0.5, 0.6) is 11.5 Å². The molecule has 3 rings (SSSR count). The molecule has 0 fully saturated rings. The van der Waals surface area contributed by atoms with Crippen LogP contribution < -0.4 is 14.8 Å². The SMILES string of the molecule is COc1cc2c(cc1OC)[C@@H](c1cccs1)NCC2. The van der Waals surface area contributed by atoms with Crippen molar-refractivity contribution in [1.82, 2.24) is 5.32 Å². The Morgan fingerprint density at radius 2 is 2.00 bits per heavy atom. The Morgan fingerprint density at radius 1 is 1.21 bits per heavy atom. The maximum Gasteiger partial charge on any atom is 0.161 e. The molecule has 1 aromatic carbocycles. The second-order valence-corrected chi connectivity index (χ2v) is 5.54. The normalized spacial score (nSPS) is 17.9. The van der Waals surface area contributed by atoms with E-state index in [1.165, 1.54) is 16.0 Å². The average molecular weight is 275 g/mol. The molecule has 1 N–H and O–H groups in total. The second-order valence-electron chi connectivity index (χ2n) is 4.56. The monoisotopic (exact) mass is 275 g/mol. The molecule has 1 aromatic heterocycles. The number of fused-ring (bicyclic) bond motifs is 1. The van der Waals surface area contributed by atoms with Crippen molar-refractivity contribution in [2.75, 3.05) is 20.8 Å². The van der Waals surface area contributed by atoms with Crippen LogP contribution in [0.3, 0.4) is 0 Å². The zero-order chi connectivity index (χ0) is 13.2. The highest BCUT2D eigenvalue weighted by molar-refractivity contribution is 7.10. The Bertz CT molecular complexity index is 566. The first kappa shape index (κ1) is 12.5. The Hall–Kier alpha value is -1.52. The van der Waals surface area contributed by atoms with Crippen LogP contribution in [0.4, 0.5) is 0 Å². The molecule has 0 bridgehead atoms. The van der Waals surface area contributed by atoms with E-state index in [-0.39, 0.29) is 6.04 Å². The molecule has 0 unspecified atom stereocenters. The van der Waals surface area contributed by atoms with Crippen molar-refractivity contribution in [3.8, 4) is 11.5 Å². The molecule has 0 saturated carbocycles. The van der Waals surface area contributed by atoms with Crippen molar-refractivity contribution in [3.63, 3.8) is 0 Å². The fourth-order valence-electron chi connectivity index (χ4n) is 2.59. The van der Waals surface area contributed by atoms with E-state index in [0.29, 0.717) is 0 Å². The minimum absolute atomic E-state index is 0.267. The molecular weight excluding hydrogens is 258 g/mol. The maximum atomic E-state index is 5.42. The first-order valence-corrected chi connectivity index (χ1v) is 7.23. The van der Waals surface area contributed by atoms with Crippen molar-refractivity contribution in [2.45, 2.75) is 12.5 Å². The Morgan fingerprint density at radius 3 is 2.68 bits per heavy atom. The molecule has 1 aliphatic heterocycles. The van der Waals surface area contributed by atoms with E-state index >= 15 is 0 Å². The number of rotatable bonds is 3. The zero-order valence-corrected chi connectivity index (χ0v) is 11.9. The van der Waals surface area contributed by atoms with E-state index in [9.17, 15) is 0 Å². The molecule has 100 valence electrons. The van der Waals surface area contributed by atoms with Gasteiger partial charge in [0.2, 0.25) is 0 Å². The van der Waals surface area contributed by atoms with Gasteiger partial charge in [0.05, 0.1) is 20.3 Å². The molecule has 19 heavy (non-hydrogen) atoms. The van der Waals surface area contributed by atoms with Gasteiger partial charge in [-0.3, -0.25) is 0 Å². The summed E-state index contributed by atoms with van der Waals surface area (Å²) in [5.41, 5.74) is 2.64. The first-order valence-electron chi connectivity index (χ1n) is 6.35. The summed E-state index contributed by atoms with van der Waals surface area (Å²) in [6, 6.07) is 8.74. The van der Waals surface area contributed by atoms with Crippen molar-refractivity contribution in [3.05, 3.63) is 45.6 Å². The van der Waals surface area contributed by atoms with E-state index in [1.54, 1.807) is 25.6 Å². The van der Waals surface area contributed by atoms with Gasteiger partial charge >= 0.3 is 0 Å². The topological polar surface area (TPSA) is 30.5 Å². The lowest BCUT2D eigenvalue weighted by molar-refractivity contribution is 0.353. The fraction of sp³-hybridized carbons (Fsp3) is 0.333. The van der Waals surface area contributed by atoms with Crippen molar-refractivity contribution >= 4 is 11.3 Å². The summed E-state index contributed by atoms with van der Waals surface area (Å²) in [6.45, 7) is 0.991. The minimum atomic E-state index is 0.267. The van der Waals surface area contributed by atoms with E-state index < -0.39 is 0 Å². The van der Waals surface area contributed by atoms with Crippen LogP contribution in [0.2, 0.25) is 0 Å². The number of thiophene rings is 1. The van der Waals surface area contributed by atoms with Gasteiger partial charge in [-0.15, -0.1) is 11.3 Å². The number of hydrogen-bond donors (Lipinski definition) is 1. The molecular formula is C15H17NO2S.